The highest BCUT2D eigenvalue weighted by atomic mass is 31.2. The van der Waals surface area contributed by atoms with Crippen LogP contribution in [0.25, 0.3) is 0 Å². The molecule has 0 aromatic carbocycles. The lowest BCUT2D eigenvalue weighted by Crippen LogP contribution is -2.45. The molecule has 0 aliphatic rings. The van der Waals surface area contributed by atoms with Crippen molar-refractivity contribution in [1.29, 1.82) is 0 Å². The molecular formula is C46H94N2O6P+. The molecule has 0 bridgehead atoms. The van der Waals surface area contributed by atoms with E-state index in [1.165, 1.54) is 173 Å². The zero-order valence-electron chi connectivity index (χ0n) is 37.2. The Labute approximate surface area is 342 Å². The number of phosphoric acid groups is 1. The van der Waals surface area contributed by atoms with E-state index in [-0.39, 0.29) is 19.1 Å². The van der Waals surface area contributed by atoms with E-state index in [0.29, 0.717) is 17.4 Å². The van der Waals surface area contributed by atoms with E-state index in [2.05, 4.69) is 19.2 Å². The molecule has 1 amide bonds. The van der Waals surface area contributed by atoms with Crippen LogP contribution in [-0.2, 0) is 18.4 Å². The monoisotopic (exact) mass is 802 g/mol. The SMILES string of the molecule is CCCCCCCCCCCCCCCCCCCCCC/C=C/C(O)C(COP(=O)(O)OCC[N+](C)(C)C)NC(=O)CCCCCCCCCCCCC. The Kier molecular flexibility index (Phi) is 38.2. The second kappa shape index (κ2) is 38.7. The van der Waals surface area contributed by atoms with E-state index in [1.54, 1.807) is 6.08 Å². The van der Waals surface area contributed by atoms with Crippen molar-refractivity contribution in [2.24, 2.45) is 0 Å². The predicted octanol–water partition coefficient (Wildman–Crippen LogP) is 13.1. The molecule has 8 nitrogen and oxygen atoms in total. The average molecular weight is 802 g/mol. The number of aliphatic hydroxyl groups is 1. The molecule has 0 rings (SSSR count). The van der Waals surface area contributed by atoms with Crippen LogP contribution in [0, 0.1) is 0 Å². The molecule has 0 aromatic heterocycles. The van der Waals surface area contributed by atoms with Crippen LogP contribution in [0.3, 0.4) is 0 Å². The summed E-state index contributed by atoms with van der Waals surface area (Å²) in [5.41, 5.74) is 0. The number of hydrogen-bond acceptors (Lipinski definition) is 5. The molecule has 0 spiro atoms. The summed E-state index contributed by atoms with van der Waals surface area (Å²) < 4.78 is 23.6. The van der Waals surface area contributed by atoms with E-state index in [0.717, 1.165) is 32.1 Å². The fourth-order valence-electron chi connectivity index (χ4n) is 6.98. The van der Waals surface area contributed by atoms with Crippen molar-refractivity contribution >= 4 is 13.7 Å². The van der Waals surface area contributed by atoms with Crippen molar-refractivity contribution in [3.63, 3.8) is 0 Å². The van der Waals surface area contributed by atoms with Crippen LogP contribution in [0.2, 0.25) is 0 Å². The number of aliphatic hydroxyl groups excluding tert-OH is 1. The Balaban J connectivity index is 4.28. The third kappa shape index (κ3) is 41.2. The maximum Gasteiger partial charge on any atom is 0.472 e. The number of nitrogens with zero attached hydrogens (tertiary/aromatic N) is 1. The van der Waals surface area contributed by atoms with Gasteiger partial charge in [0.2, 0.25) is 5.91 Å². The second-order valence-electron chi connectivity index (χ2n) is 17.5. The number of hydrogen-bond donors (Lipinski definition) is 3. The summed E-state index contributed by atoms with van der Waals surface area (Å²) >= 11 is 0. The van der Waals surface area contributed by atoms with Gasteiger partial charge in [0.25, 0.3) is 0 Å². The minimum absolute atomic E-state index is 0.0646. The minimum atomic E-state index is -4.33. The molecule has 3 atom stereocenters. The zero-order valence-corrected chi connectivity index (χ0v) is 38.1. The molecule has 9 heteroatoms. The quantitative estimate of drug-likeness (QED) is 0.0245. The van der Waals surface area contributed by atoms with Crippen LogP contribution in [0.4, 0.5) is 0 Å². The molecule has 0 fully saturated rings. The lowest BCUT2D eigenvalue weighted by Gasteiger charge is -2.25. The number of quaternary nitrogens is 1. The van der Waals surface area contributed by atoms with Crippen LogP contribution >= 0.6 is 7.82 Å². The highest BCUT2D eigenvalue weighted by Gasteiger charge is 2.27. The smallest absolute Gasteiger partial charge is 0.387 e. The Bertz CT molecular complexity index is 911. The van der Waals surface area contributed by atoms with Crippen molar-refractivity contribution in [2.75, 3.05) is 40.9 Å². The first-order valence-electron chi connectivity index (χ1n) is 23.6. The maximum absolute atomic E-state index is 12.8. The fraction of sp³-hybridized carbons (Fsp3) is 0.935. The highest BCUT2D eigenvalue weighted by Crippen LogP contribution is 2.43. The van der Waals surface area contributed by atoms with E-state index in [1.807, 2.05) is 27.2 Å². The number of rotatable bonds is 43. The van der Waals surface area contributed by atoms with Gasteiger partial charge >= 0.3 is 7.82 Å². The predicted molar refractivity (Wildman–Crippen MR) is 235 cm³/mol. The summed E-state index contributed by atoms with van der Waals surface area (Å²) in [6, 6.07) is -0.839. The Morgan fingerprint density at radius 3 is 1.35 bits per heavy atom. The summed E-state index contributed by atoms with van der Waals surface area (Å²) in [5.74, 6) is -0.176. The maximum atomic E-state index is 12.8. The molecular weight excluding hydrogens is 707 g/mol. The van der Waals surface area contributed by atoms with Gasteiger partial charge in [-0.3, -0.25) is 13.8 Å². The lowest BCUT2D eigenvalue weighted by atomic mass is 10.0. The second-order valence-corrected chi connectivity index (χ2v) is 18.9. The highest BCUT2D eigenvalue weighted by molar-refractivity contribution is 7.47. The van der Waals surface area contributed by atoms with Gasteiger partial charge in [-0.1, -0.05) is 212 Å². The standard InChI is InChI=1S/C46H93N2O6P/c1-6-8-10-12-14-16-18-19-20-21-22-23-24-25-26-27-28-30-31-33-35-37-39-45(49)44(43-54-55(51,52)53-42-41-48(3,4)5)47-46(50)40-38-36-34-32-29-17-15-13-11-9-7-2/h37,39,44-45,49H,6-36,38,40-43H2,1-5H3,(H-,47,50,51,52)/p+1/b39-37+. The van der Waals surface area contributed by atoms with E-state index in [4.69, 9.17) is 9.05 Å². The average Bonchev–Trinajstić information content (AvgIpc) is 3.13. The molecule has 55 heavy (non-hydrogen) atoms. The molecule has 0 aromatic rings. The number of carbonyl (C=O) groups excluding carboxylic acids is 1. The van der Waals surface area contributed by atoms with Gasteiger partial charge in [-0.05, 0) is 19.3 Å². The first-order chi connectivity index (χ1) is 26.5. The lowest BCUT2D eigenvalue weighted by molar-refractivity contribution is -0.870. The van der Waals surface area contributed by atoms with E-state index in [9.17, 15) is 19.4 Å². The van der Waals surface area contributed by atoms with Crippen LogP contribution in [0.15, 0.2) is 12.2 Å². The molecule has 0 saturated carbocycles. The van der Waals surface area contributed by atoms with Gasteiger partial charge in [-0.2, -0.15) is 0 Å². The molecule has 0 aliphatic carbocycles. The molecule has 0 saturated heterocycles. The van der Waals surface area contributed by atoms with Crippen molar-refractivity contribution in [1.82, 2.24) is 5.32 Å². The number of likely N-dealkylation sites (N-methyl/N-ethyl adjacent to an activating group) is 1. The van der Waals surface area contributed by atoms with Crippen LogP contribution in [0.1, 0.15) is 226 Å². The largest absolute Gasteiger partial charge is 0.472 e. The summed E-state index contributed by atoms with van der Waals surface area (Å²) in [7, 11) is 1.58. The summed E-state index contributed by atoms with van der Waals surface area (Å²) in [4.78, 5) is 23.1. The summed E-state index contributed by atoms with van der Waals surface area (Å²) in [6.45, 7) is 4.82. The van der Waals surface area contributed by atoms with Gasteiger partial charge in [-0.25, -0.2) is 4.57 Å². The van der Waals surface area contributed by atoms with Crippen LogP contribution in [0.5, 0.6) is 0 Å². The normalized spacial score (nSPS) is 14.4. The number of phosphoric ester groups is 1. The third-order valence-electron chi connectivity index (χ3n) is 10.8. The summed E-state index contributed by atoms with van der Waals surface area (Å²) in [6.07, 6.45) is 44.3. The van der Waals surface area contributed by atoms with Crippen LogP contribution in [-0.4, -0.2) is 73.4 Å². The summed E-state index contributed by atoms with van der Waals surface area (Å²) in [5, 5.41) is 13.8. The van der Waals surface area contributed by atoms with Gasteiger partial charge in [0.15, 0.2) is 0 Å². The van der Waals surface area contributed by atoms with Crippen molar-refractivity contribution in [3.8, 4) is 0 Å². The Hall–Kier alpha value is -0.760. The van der Waals surface area contributed by atoms with Crippen molar-refractivity contribution < 1.29 is 32.9 Å². The molecule has 3 N–H and O–H groups in total. The fourth-order valence-corrected chi connectivity index (χ4v) is 7.72. The molecule has 0 radical (unpaired) electrons. The molecule has 0 aliphatic heterocycles. The van der Waals surface area contributed by atoms with E-state index >= 15 is 0 Å². The molecule has 3 unspecified atom stereocenters. The van der Waals surface area contributed by atoms with Gasteiger partial charge in [0.05, 0.1) is 39.9 Å². The van der Waals surface area contributed by atoms with Crippen molar-refractivity contribution in [2.45, 2.75) is 238 Å². The van der Waals surface area contributed by atoms with Gasteiger partial charge in [-0.15, -0.1) is 0 Å². The number of carbonyl (C=O) groups is 1. The van der Waals surface area contributed by atoms with E-state index < -0.39 is 20.0 Å². The van der Waals surface area contributed by atoms with Crippen molar-refractivity contribution in [3.05, 3.63) is 12.2 Å². The molecule has 0 heterocycles. The topological polar surface area (TPSA) is 105 Å². The number of amides is 1. The molecule has 328 valence electrons. The van der Waals surface area contributed by atoms with Gasteiger partial charge < -0.3 is 19.8 Å². The number of nitrogens with one attached hydrogen (secondary N) is 1. The number of unbranched alkanes of at least 4 members (excludes halogenated alkanes) is 30. The zero-order chi connectivity index (χ0) is 40.7. The first-order valence-corrected chi connectivity index (χ1v) is 25.1. The Morgan fingerprint density at radius 1 is 0.600 bits per heavy atom. The van der Waals surface area contributed by atoms with Gasteiger partial charge in [0.1, 0.15) is 13.2 Å². The number of allylic oxidation sites excluding steroid dienone is 1. The first kappa shape index (κ1) is 54.2. The minimum Gasteiger partial charge on any atom is -0.387 e. The van der Waals surface area contributed by atoms with Crippen LogP contribution < -0.4 is 5.32 Å². The Morgan fingerprint density at radius 2 is 0.964 bits per heavy atom. The van der Waals surface area contributed by atoms with Gasteiger partial charge in [0, 0.05) is 6.42 Å². The third-order valence-corrected chi connectivity index (χ3v) is 11.7.